The first-order chi connectivity index (χ1) is 6.47. The molecule has 0 aliphatic carbocycles. The fourth-order valence-corrected chi connectivity index (χ4v) is 0.954. The summed E-state index contributed by atoms with van der Waals surface area (Å²) in [6.07, 6.45) is 1.62. The van der Waals surface area contributed by atoms with Gasteiger partial charge in [0.1, 0.15) is 12.9 Å². The molecule has 0 radical (unpaired) electrons. The van der Waals surface area contributed by atoms with Crippen LogP contribution in [0.2, 0.25) is 0 Å². The van der Waals surface area contributed by atoms with Crippen molar-refractivity contribution < 1.29 is 4.74 Å². The van der Waals surface area contributed by atoms with E-state index in [9.17, 15) is 0 Å². The van der Waals surface area contributed by atoms with Crippen LogP contribution in [-0.4, -0.2) is 33.5 Å². The quantitative estimate of drug-likeness (QED) is 0.719. The van der Waals surface area contributed by atoms with Crippen LogP contribution in [-0.2, 0) is 7.05 Å². The Morgan fingerprint density at radius 3 is 2.71 bits per heavy atom. The average molecular weight is 198 g/mol. The third-order valence-electron chi connectivity index (χ3n) is 1.57. The molecule has 0 bridgehead atoms. The van der Waals surface area contributed by atoms with Crippen LogP contribution < -0.4 is 10.1 Å². The first-order valence-corrected chi connectivity index (χ1v) is 4.71. The number of aryl methyl sites for hydroxylation is 1. The Hall–Kier alpha value is -1.10. The Balaban J connectivity index is 2.16. The van der Waals surface area contributed by atoms with Crippen molar-refractivity contribution in [1.82, 2.24) is 20.1 Å². The van der Waals surface area contributed by atoms with E-state index in [0.717, 1.165) is 6.54 Å². The summed E-state index contributed by atoms with van der Waals surface area (Å²) in [5.74, 6) is 0. The zero-order valence-corrected chi connectivity index (χ0v) is 9.24. The Morgan fingerprint density at radius 2 is 2.21 bits per heavy atom. The maximum absolute atomic E-state index is 5.32. The zero-order chi connectivity index (χ0) is 10.6. The lowest BCUT2D eigenvalue weighted by Crippen LogP contribution is -2.38. The Morgan fingerprint density at radius 1 is 1.50 bits per heavy atom. The molecule has 0 spiro atoms. The van der Waals surface area contributed by atoms with Gasteiger partial charge in [0.2, 0.25) is 0 Å². The summed E-state index contributed by atoms with van der Waals surface area (Å²) in [4.78, 5) is 3.95. The molecular weight excluding hydrogens is 180 g/mol. The molecule has 0 aromatic carbocycles. The molecule has 0 unspecified atom stereocenters. The highest BCUT2D eigenvalue weighted by Gasteiger charge is 2.07. The van der Waals surface area contributed by atoms with E-state index in [1.54, 1.807) is 11.0 Å². The number of aromatic nitrogens is 3. The minimum atomic E-state index is 0.126. The first-order valence-electron chi connectivity index (χ1n) is 4.71. The summed E-state index contributed by atoms with van der Waals surface area (Å²) >= 11 is 0. The summed E-state index contributed by atoms with van der Waals surface area (Å²) in [5.41, 5.74) is 0.126. The van der Waals surface area contributed by atoms with Gasteiger partial charge in [0.15, 0.2) is 0 Å². The predicted octanol–water partition coefficient (Wildman–Crippen LogP) is 0.582. The van der Waals surface area contributed by atoms with Crippen molar-refractivity contribution in [2.75, 3.05) is 13.2 Å². The minimum Gasteiger partial charge on any atom is -0.461 e. The van der Waals surface area contributed by atoms with Crippen LogP contribution >= 0.6 is 0 Å². The Kier molecular flexibility index (Phi) is 3.46. The van der Waals surface area contributed by atoms with Gasteiger partial charge in [-0.1, -0.05) is 0 Å². The van der Waals surface area contributed by atoms with Gasteiger partial charge in [0.25, 0.3) is 0 Å². The monoisotopic (exact) mass is 198 g/mol. The molecule has 1 rings (SSSR count). The number of nitrogens with one attached hydrogen (secondary N) is 1. The second-order valence-corrected chi connectivity index (χ2v) is 4.23. The van der Waals surface area contributed by atoms with Crippen molar-refractivity contribution in [1.29, 1.82) is 0 Å². The third kappa shape index (κ3) is 4.23. The highest BCUT2D eigenvalue weighted by atomic mass is 16.5. The van der Waals surface area contributed by atoms with Gasteiger partial charge in [-0.3, -0.25) is 4.68 Å². The first kappa shape index (κ1) is 11.0. The van der Waals surface area contributed by atoms with Crippen molar-refractivity contribution in [2.24, 2.45) is 7.05 Å². The van der Waals surface area contributed by atoms with Crippen molar-refractivity contribution in [3.63, 3.8) is 0 Å². The number of ether oxygens (including phenoxy) is 1. The van der Waals surface area contributed by atoms with E-state index in [1.807, 2.05) is 7.05 Å². The second-order valence-electron chi connectivity index (χ2n) is 4.23. The smallest absolute Gasteiger partial charge is 0.335 e. The van der Waals surface area contributed by atoms with Gasteiger partial charge < -0.3 is 10.1 Å². The largest absolute Gasteiger partial charge is 0.461 e. The molecule has 0 fully saturated rings. The van der Waals surface area contributed by atoms with Crippen LogP contribution in [0.15, 0.2) is 6.33 Å². The fourth-order valence-electron chi connectivity index (χ4n) is 0.954. The number of nitrogens with zero attached hydrogens (tertiary/aromatic N) is 3. The lowest BCUT2D eigenvalue weighted by molar-refractivity contribution is 0.271. The SMILES string of the molecule is Cn1cnc(OCCNC(C)(C)C)n1. The maximum atomic E-state index is 5.32. The van der Waals surface area contributed by atoms with Gasteiger partial charge in [0.05, 0.1) is 0 Å². The molecule has 5 nitrogen and oxygen atoms in total. The lowest BCUT2D eigenvalue weighted by Gasteiger charge is -2.19. The van der Waals surface area contributed by atoms with E-state index in [4.69, 9.17) is 4.74 Å². The molecular formula is C9H18N4O. The van der Waals surface area contributed by atoms with Gasteiger partial charge in [-0.15, -0.1) is 5.10 Å². The molecule has 14 heavy (non-hydrogen) atoms. The molecule has 1 heterocycles. The highest BCUT2D eigenvalue weighted by molar-refractivity contribution is 4.86. The molecule has 0 aliphatic rings. The molecule has 1 aromatic heterocycles. The number of rotatable bonds is 4. The Bertz CT molecular complexity index is 277. The molecule has 5 heteroatoms. The van der Waals surface area contributed by atoms with Crippen molar-refractivity contribution in [2.45, 2.75) is 26.3 Å². The predicted molar refractivity (Wildman–Crippen MR) is 54.3 cm³/mol. The van der Waals surface area contributed by atoms with Gasteiger partial charge in [-0.2, -0.15) is 4.98 Å². The van der Waals surface area contributed by atoms with Gasteiger partial charge >= 0.3 is 6.01 Å². The highest BCUT2D eigenvalue weighted by Crippen LogP contribution is 1.99. The minimum absolute atomic E-state index is 0.126. The number of hydrogen-bond acceptors (Lipinski definition) is 4. The summed E-state index contributed by atoms with van der Waals surface area (Å²) in [6.45, 7) is 7.73. The van der Waals surface area contributed by atoms with Gasteiger partial charge in [-0.25, -0.2) is 0 Å². The van der Waals surface area contributed by atoms with E-state index < -0.39 is 0 Å². The maximum Gasteiger partial charge on any atom is 0.335 e. The lowest BCUT2D eigenvalue weighted by atomic mass is 10.1. The molecule has 0 aliphatic heterocycles. The van der Waals surface area contributed by atoms with Crippen LogP contribution in [0.1, 0.15) is 20.8 Å². The summed E-state index contributed by atoms with van der Waals surface area (Å²) < 4.78 is 6.93. The summed E-state index contributed by atoms with van der Waals surface area (Å²) in [6, 6.07) is 0.434. The van der Waals surface area contributed by atoms with Crippen molar-refractivity contribution >= 4 is 0 Å². The molecule has 0 saturated carbocycles. The van der Waals surface area contributed by atoms with Gasteiger partial charge in [-0.05, 0) is 20.8 Å². The average Bonchev–Trinajstić information content (AvgIpc) is 2.44. The molecule has 0 saturated heterocycles. The van der Waals surface area contributed by atoms with E-state index >= 15 is 0 Å². The van der Waals surface area contributed by atoms with E-state index in [1.165, 1.54) is 0 Å². The third-order valence-corrected chi connectivity index (χ3v) is 1.57. The molecule has 80 valence electrons. The molecule has 0 atom stereocenters. The van der Waals surface area contributed by atoms with Crippen LogP contribution in [0.25, 0.3) is 0 Å². The number of hydrogen-bond donors (Lipinski definition) is 1. The normalized spacial score (nSPS) is 11.7. The molecule has 1 N–H and O–H groups in total. The van der Waals surface area contributed by atoms with E-state index in [2.05, 4.69) is 36.2 Å². The van der Waals surface area contributed by atoms with E-state index in [0.29, 0.717) is 12.6 Å². The summed E-state index contributed by atoms with van der Waals surface area (Å²) in [7, 11) is 1.81. The van der Waals surface area contributed by atoms with Crippen LogP contribution in [0.3, 0.4) is 0 Å². The van der Waals surface area contributed by atoms with Crippen LogP contribution in [0.5, 0.6) is 6.01 Å². The second kappa shape index (κ2) is 4.41. The molecule has 1 aromatic rings. The van der Waals surface area contributed by atoms with Crippen molar-refractivity contribution in [3.8, 4) is 6.01 Å². The zero-order valence-electron chi connectivity index (χ0n) is 9.24. The molecule has 0 amide bonds. The van der Waals surface area contributed by atoms with Gasteiger partial charge in [0, 0.05) is 19.1 Å². The summed E-state index contributed by atoms with van der Waals surface area (Å²) in [5, 5.41) is 7.31. The van der Waals surface area contributed by atoms with Crippen LogP contribution in [0.4, 0.5) is 0 Å². The Labute approximate surface area is 84.5 Å². The fraction of sp³-hybridized carbons (Fsp3) is 0.778. The van der Waals surface area contributed by atoms with Crippen LogP contribution in [0, 0.1) is 0 Å². The van der Waals surface area contributed by atoms with Crippen molar-refractivity contribution in [3.05, 3.63) is 6.33 Å². The van der Waals surface area contributed by atoms with E-state index in [-0.39, 0.29) is 5.54 Å². The topological polar surface area (TPSA) is 52.0 Å². The standard InChI is InChI=1S/C9H18N4O/c1-9(2,3)11-5-6-14-8-10-7-13(4)12-8/h7,11H,5-6H2,1-4H3.